The molecule has 0 radical (unpaired) electrons. The van der Waals surface area contributed by atoms with Crippen LogP contribution in [0, 0.1) is 0 Å². The molecule has 2 nitrogen and oxygen atoms in total. The van der Waals surface area contributed by atoms with Crippen LogP contribution in [0.2, 0.25) is 20.1 Å². The second kappa shape index (κ2) is 5.96. The second-order valence-corrected chi connectivity index (χ2v) is 5.38. The summed E-state index contributed by atoms with van der Waals surface area (Å²) in [4.78, 5) is 3.27. The summed E-state index contributed by atoms with van der Waals surface area (Å²) in [6.07, 6.45) is 0. The Bertz CT molecular complexity index is 638. The van der Waals surface area contributed by atoms with E-state index in [0.29, 0.717) is 31.2 Å². The first-order chi connectivity index (χ1) is 9.02. The number of halogens is 4. The van der Waals surface area contributed by atoms with Gasteiger partial charge in [-0.3, -0.25) is 0 Å². The Morgan fingerprint density at radius 1 is 0.789 bits per heavy atom. The number of nitrogens with zero attached hydrogens (tertiary/aromatic N) is 2. The Morgan fingerprint density at radius 3 is 1.53 bits per heavy atom. The van der Waals surface area contributed by atoms with E-state index in [2.05, 4.69) is 4.79 Å². The van der Waals surface area contributed by atoms with Gasteiger partial charge in [-0.1, -0.05) is 46.4 Å². The van der Waals surface area contributed by atoms with Crippen LogP contribution < -0.4 is 0 Å². The number of hydrogen-bond donors (Lipinski definition) is 0. The number of rotatable bonds is 2. The molecule has 0 saturated heterocycles. The van der Waals surface area contributed by atoms with Gasteiger partial charge in [0.05, 0.1) is 21.2 Å². The van der Waals surface area contributed by atoms with E-state index >= 15 is 0 Å². The van der Waals surface area contributed by atoms with Gasteiger partial charge < -0.3 is 5.53 Å². The lowest BCUT2D eigenvalue weighted by atomic mass is 10.0. The van der Waals surface area contributed by atoms with Crippen LogP contribution in [0.15, 0.2) is 36.4 Å². The normalized spacial score (nSPS) is 10.1. The molecule has 0 bridgehead atoms. The van der Waals surface area contributed by atoms with Crippen molar-refractivity contribution < 1.29 is 4.79 Å². The van der Waals surface area contributed by atoms with E-state index in [1.165, 1.54) is 0 Å². The molecule has 0 aliphatic rings. The van der Waals surface area contributed by atoms with Crippen LogP contribution in [0.25, 0.3) is 5.53 Å². The lowest BCUT2D eigenvalue weighted by molar-refractivity contribution is -0.00276. The van der Waals surface area contributed by atoms with Gasteiger partial charge in [-0.2, -0.15) is 4.79 Å². The highest BCUT2D eigenvalue weighted by atomic mass is 35.5. The van der Waals surface area contributed by atoms with Crippen LogP contribution in [-0.2, 0) is 0 Å². The molecule has 2 aromatic rings. The van der Waals surface area contributed by atoms with E-state index in [-0.39, 0.29) is 5.71 Å². The molecule has 96 valence electrons. The van der Waals surface area contributed by atoms with E-state index in [4.69, 9.17) is 46.4 Å². The van der Waals surface area contributed by atoms with Gasteiger partial charge in [0, 0.05) is 10.0 Å². The maximum Gasteiger partial charge on any atom is 0.332 e. The minimum atomic E-state index is 0.253. The van der Waals surface area contributed by atoms with Crippen molar-refractivity contribution in [3.63, 3.8) is 0 Å². The lowest BCUT2D eigenvalue weighted by Gasteiger charge is -2.03. The molecular formula is C13H6Cl4N2. The first-order valence-electron chi connectivity index (χ1n) is 5.16. The predicted molar refractivity (Wildman–Crippen MR) is 79.8 cm³/mol. The van der Waals surface area contributed by atoms with Crippen LogP contribution in [0.5, 0.6) is 0 Å². The number of hydrogen-bond acceptors (Lipinski definition) is 0. The van der Waals surface area contributed by atoms with Crippen molar-refractivity contribution in [1.82, 2.24) is 0 Å². The van der Waals surface area contributed by atoms with Crippen molar-refractivity contribution >= 4 is 52.1 Å². The number of benzene rings is 2. The zero-order valence-electron chi connectivity index (χ0n) is 9.37. The zero-order valence-corrected chi connectivity index (χ0v) is 12.4. The zero-order chi connectivity index (χ0) is 14.0. The molecule has 19 heavy (non-hydrogen) atoms. The van der Waals surface area contributed by atoms with E-state index in [1.54, 1.807) is 36.4 Å². The van der Waals surface area contributed by atoms with E-state index in [9.17, 15) is 5.53 Å². The summed E-state index contributed by atoms with van der Waals surface area (Å²) in [6.45, 7) is 0. The molecule has 0 N–H and O–H groups in total. The van der Waals surface area contributed by atoms with Gasteiger partial charge in [-0.05, 0) is 36.4 Å². The fourth-order valence-corrected chi connectivity index (χ4v) is 2.61. The van der Waals surface area contributed by atoms with Crippen LogP contribution in [0.3, 0.4) is 0 Å². The van der Waals surface area contributed by atoms with E-state index < -0.39 is 0 Å². The lowest BCUT2D eigenvalue weighted by Crippen LogP contribution is -2.06. The summed E-state index contributed by atoms with van der Waals surface area (Å²) >= 11 is 23.8. The van der Waals surface area contributed by atoms with Gasteiger partial charge in [0.25, 0.3) is 0 Å². The first kappa shape index (κ1) is 14.4. The quantitative estimate of drug-likeness (QED) is 0.403. The summed E-state index contributed by atoms with van der Waals surface area (Å²) < 4.78 is 0. The average molecular weight is 332 g/mol. The van der Waals surface area contributed by atoms with Gasteiger partial charge >= 0.3 is 5.71 Å². The molecule has 2 aromatic carbocycles. The fourth-order valence-electron chi connectivity index (χ4n) is 1.62. The Morgan fingerprint density at radius 2 is 1.21 bits per heavy atom. The molecular weight excluding hydrogens is 326 g/mol. The van der Waals surface area contributed by atoms with E-state index in [0.717, 1.165) is 0 Å². The molecule has 0 heterocycles. The van der Waals surface area contributed by atoms with Crippen molar-refractivity contribution in [1.29, 1.82) is 0 Å². The second-order valence-electron chi connectivity index (χ2n) is 3.70. The Hall–Kier alpha value is -1.02. The minimum Gasteiger partial charge on any atom is -0.361 e. The summed E-state index contributed by atoms with van der Waals surface area (Å²) in [6, 6.07) is 9.74. The smallest absolute Gasteiger partial charge is 0.332 e. The molecule has 0 spiro atoms. The average Bonchev–Trinajstić information content (AvgIpc) is 2.34. The first-order valence-corrected chi connectivity index (χ1v) is 6.67. The molecule has 0 aliphatic heterocycles. The third-order valence-electron chi connectivity index (χ3n) is 2.47. The van der Waals surface area contributed by atoms with Gasteiger partial charge in [-0.25, -0.2) is 0 Å². The fraction of sp³-hybridized carbons (Fsp3) is 0. The topological polar surface area (TPSA) is 36.4 Å². The highest BCUT2D eigenvalue weighted by molar-refractivity contribution is 6.40. The molecule has 0 aliphatic carbocycles. The summed E-state index contributed by atoms with van der Waals surface area (Å²) in [7, 11) is 0. The predicted octanol–water partition coefficient (Wildman–Crippen LogP) is 5.37. The van der Waals surface area contributed by atoms with Gasteiger partial charge in [0.1, 0.15) is 0 Å². The highest BCUT2D eigenvalue weighted by Crippen LogP contribution is 2.27. The largest absolute Gasteiger partial charge is 0.361 e. The van der Waals surface area contributed by atoms with Crippen LogP contribution >= 0.6 is 46.4 Å². The molecule has 0 fully saturated rings. The van der Waals surface area contributed by atoms with E-state index in [1.807, 2.05) is 0 Å². The summed E-state index contributed by atoms with van der Waals surface area (Å²) in [5.41, 5.74) is 10.5. The minimum absolute atomic E-state index is 0.253. The molecule has 0 unspecified atom stereocenters. The molecule has 0 atom stereocenters. The van der Waals surface area contributed by atoms with Crippen molar-refractivity contribution in [2.45, 2.75) is 0 Å². The Kier molecular flexibility index (Phi) is 4.51. The van der Waals surface area contributed by atoms with Gasteiger partial charge in [-0.15, -0.1) is 0 Å². The van der Waals surface area contributed by atoms with Crippen LogP contribution in [-0.4, -0.2) is 10.5 Å². The summed E-state index contributed by atoms with van der Waals surface area (Å²) in [5.74, 6) is 0. The third kappa shape index (κ3) is 3.11. The maximum absolute atomic E-state index is 9.23. The van der Waals surface area contributed by atoms with Crippen LogP contribution in [0.4, 0.5) is 0 Å². The Balaban J connectivity index is 2.60. The monoisotopic (exact) mass is 330 g/mol. The third-order valence-corrected chi connectivity index (χ3v) is 3.57. The van der Waals surface area contributed by atoms with Crippen molar-refractivity contribution in [3.05, 3.63) is 73.1 Å². The van der Waals surface area contributed by atoms with Gasteiger partial charge in [0.15, 0.2) is 0 Å². The summed E-state index contributed by atoms with van der Waals surface area (Å²) in [5, 5.41) is 1.72. The molecule has 0 aromatic heterocycles. The molecule has 6 heteroatoms. The molecule has 0 saturated carbocycles. The van der Waals surface area contributed by atoms with Gasteiger partial charge in [0.2, 0.25) is 0 Å². The SMILES string of the molecule is [N-]=[N+]=C(c1ccc(Cl)cc1Cl)c1ccc(Cl)cc1Cl. The van der Waals surface area contributed by atoms with Crippen molar-refractivity contribution in [3.8, 4) is 0 Å². The highest BCUT2D eigenvalue weighted by Gasteiger charge is 2.21. The Labute approximate surface area is 130 Å². The molecule has 0 amide bonds. The van der Waals surface area contributed by atoms with Crippen molar-refractivity contribution in [2.24, 2.45) is 0 Å². The van der Waals surface area contributed by atoms with Crippen LogP contribution in [0.1, 0.15) is 11.1 Å². The maximum atomic E-state index is 9.23. The van der Waals surface area contributed by atoms with Crippen molar-refractivity contribution in [2.75, 3.05) is 0 Å². The molecule has 2 rings (SSSR count). The standard InChI is InChI=1S/C13H6Cl4N2/c14-7-1-3-9(11(16)5-7)13(19-18)10-4-2-8(15)6-12(10)17/h1-6H.